The summed E-state index contributed by atoms with van der Waals surface area (Å²) < 4.78 is 23.7. The molecule has 1 aromatic rings. The first-order valence-electron chi connectivity index (χ1n) is 6.25. The number of benzene rings is 1. The third-order valence-corrected chi connectivity index (χ3v) is 4.88. The van der Waals surface area contributed by atoms with E-state index in [0.29, 0.717) is 24.4 Å². The van der Waals surface area contributed by atoms with E-state index in [0.717, 1.165) is 12.0 Å². The van der Waals surface area contributed by atoms with Gasteiger partial charge in [-0.3, -0.25) is 0 Å². The van der Waals surface area contributed by atoms with Crippen molar-refractivity contribution in [3.05, 3.63) is 29.8 Å². The molecule has 0 aromatic heterocycles. The Hall–Kier alpha value is -0.910. The second-order valence-electron chi connectivity index (χ2n) is 4.50. The molecule has 4 N–H and O–H groups in total. The molecule has 0 saturated heterocycles. The average Bonchev–Trinajstić information content (AvgIpc) is 2.36. The van der Waals surface area contributed by atoms with Crippen LogP contribution in [0.15, 0.2) is 29.2 Å². The van der Waals surface area contributed by atoms with E-state index < -0.39 is 9.84 Å². The Balaban J connectivity index is 2.80. The lowest BCUT2D eigenvalue weighted by Gasteiger charge is -2.12. The van der Waals surface area contributed by atoms with Gasteiger partial charge in [-0.15, -0.1) is 0 Å². The molecule has 0 amide bonds. The topological polar surface area (TPSA) is 86.2 Å². The van der Waals surface area contributed by atoms with Gasteiger partial charge in [-0.25, -0.2) is 8.42 Å². The Labute approximate surface area is 109 Å². The van der Waals surface area contributed by atoms with Gasteiger partial charge in [-0.2, -0.15) is 0 Å². The van der Waals surface area contributed by atoms with E-state index in [9.17, 15) is 8.42 Å². The number of nitrogens with two attached hydrogens (primary N) is 2. The van der Waals surface area contributed by atoms with E-state index in [-0.39, 0.29) is 11.7 Å². The summed E-state index contributed by atoms with van der Waals surface area (Å²) in [5.74, 6) is 0.448. The highest BCUT2D eigenvalue weighted by atomic mass is 32.2. The third kappa shape index (κ3) is 4.08. The van der Waals surface area contributed by atoms with Crippen LogP contribution in [0.3, 0.4) is 0 Å². The Bertz CT molecular complexity index is 450. The van der Waals surface area contributed by atoms with Crippen LogP contribution in [-0.2, 0) is 16.3 Å². The average molecular weight is 270 g/mol. The van der Waals surface area contributed by atoms with E-state index >= 15 is 0 Å². The van der Waals surface area contributed by atoms with Gasteiger partial charge in [0.25, 0.3) is 0 Å². The van der Waals surface area contributed by atoms with Gasteiger partial charge >= 0.3 is 0 Å². The number of sulfone groups is 1. The fourth-order valence-corrected chi connectivity index (χ4v) is 3.14. The molecule has 0 heterocycles. The molecule has 0 aliphatic heterocycles. The summed E-state index contributed by atoms with van der Waals surface area (Å²) in [6.07, 6.45) is 1.42. The lowest BCUT2D eigenvalue weighted by atomic mass is 10.00. The van der Waals surface area contributed by atoms with Crippen LogP contribution in [0.4, 0.5) is 0 Å². The molecule has 0 radical (unpaired) electrons. The molecule has 0 fully saturated rings. The van der Waals surface area contributed by atoms with Crippen molar-refractivity contribution in [3.63, 3.8) is 0 Å². The summed E-state index contributed by atoms with van der Waals surface area (Å²) in [4.78, 5) is 0.394. The molecular weight excluding hydrogens is 248 g/mol. The zero-order valence-electron chi connectivity index (χ0n) is 10.8. The quantitative estimate of drug-likeness (QED) is 0.772. The Morgan fingerprint density at radius 3 is 2.11 bits per heavy atom. The highest BCUT2D eigenvalue weighted by Crippen LogP contribution is 2.15. The predicted octanol–water partition coefficient (Wildman–Crippen LogP) is 0.946. The Morgan fingerprint density at radius 1 is 1.11 bits per heavy atom. The molecule has 102 valence electrons. The predicted molar refractivity (Wildman–Crippen MR) is 74.1 cm³/mol. The fourth-order valence-electron chi connectivity index (χ4n) is 1.82. The van der Waals surface area contributed by atoms with Crippen molar-refractivity contribution in [2.75, 3.05) is 18.8 Å². The fraction of sp³-hybridized carbons (Fsp3) is 0.538. The van der Waals surface area contributed by atoms with Crippen LogP contribution in [0.2, 0.25) is 0 Å². The largest absolute Gasteiger partial charge is 0.330 e. The van der Waals surface area contributed by atoms with Gasteiger partial charge in [-0.1, -0.05) is 19.1 Å². The molecule has 0 saturated carbocycles. The molecule has 1 aromatic carbocycles. The van der Waals surface area contributed by atoms with Gasteiger partial charge in [-0.05, 0) is 49.5 Å². The van der Waals surface area contributed by atoms with E-state index in [2.05, 4.69) is 0 Å². The normalized spacial score (nSPS) is 12.0. The summed E-state index contributed by atoms with van der Waals surface area (Å²) in [6, 6.07) is 7.04. The Morgan fingerprint density at radius 2 is 1.67 bits per heavy atom. The smallest absolute Gasteiger partial charge is 0.178 e. The van der Waals surface area contributed by atoms with Gasteiger partial charge in [0, 0.05) is 0 Å². The minimum atomic E-state index is -3.12. The summed E-state index contributed by atoms with van der Waals surface area (Å²) in [5.41, 5.74) is 12.3. The first-order chi connectivity index (χ1) is 8.53. The lowest BCUT2D eigenvalue weighted by molar-refractivity contribution is 0.548. The number of hydrogen-bond donors (Lipinski definition) is 2. The van der Waals surface area contributed by atoms with Crippen molar-refractivity contribution >= 4 is 9.84 Å². The van der Waals surface area contributed by atoms with E-state index in [1.54, 1.807) is 12.1 Å². The molecule has 0 spiro atoms. The molecule has 18 heavy (non-hydrogen) atoms. The molecule has 1 rings (SSSR count). The minimum Gasteiger partial charge on any atom is -0.330 e. The van der Waals surface area contributed by atoms with Gasteiger partial charge in [0.2, 0.25) is 0 Å². The van der Waals surface area contributed by atoms with E-state index in [1.807, 2.05) is 19.1 Å². The Kier molecular flexibility index (Phi) is 5.78. The standard InChI is InChI=1S/C13H22N2O2S/c1-2-7-18(16,17)13-5-3-11(4-6-13)8-12(9-14)10-15/h3-6,12H,2,7-10,14-15H2,1H3. The van der Waals surface area contributed by atoms with Crippen LogP contribution in [0, 0.1) is 5.92 Å². The molecule has 0 aliphatic carbocycles. The van der Waals surface area contributed by atoms with Crippen molar-refractivity contribution in [1.29, 1.82) is 0 Å². The van der Waals surface area contributed by atoms with Crippen molar-refractivity contribution in [1.82, 2.24) is 0 Å². The maximum atomic E-state index is 11.8. The van der Waals surface area contributed by atoms with Crippen LogP contribution in [0.5, 0.6) is 0 Å². The minimum absolute atomic E-state index is 0.195. The van der Waals surface area contributed by atoms with Gasteiger partial charge in [0.1, 0.15) is 0 Å². The monoisotopic (exact) mass is 270 g/mol. The second-order valence-corrected chi connectivity index (χ2v) is 6.61. The summed E-state index contributed by atoms with van der Waals surface area (Å²) in [6.45, 7) is 2.96. The molecule has 0 atom stereocenters. The third-order valence-electron chi connectivity index (χ3n) is 2.95. The zero-order valence-corrected chi connectivity index (χ0v) is 11.6. The van der Waals surface area contributed by atoms with E-state index in [1.165, 1.54) is 0 Å². The van der Waals surface area contributed by atoms with Crippen LogP contribution in [0.1, 0.15) is 18.9 Å². The molecule has 0 bridgehead atoms. The van der Waals surface area contributed by atoms with Crippen LogP contribution >= 0.6 is 0 Å². The maximum absolute atomic E-state index is 11.8. The SMILES string of the molecule is CCCS(=O)(=O)c1ccc(CC(CN)CN)cc1. The molecule has 4 nitrogen and oxygen atoms in total. The van der Waals surface area contributed by atoms with Crippen LogP contribution in [-0.4, -0.2) is 27.3 Å². The first kappa shape index (κ1) is 15.1. The van der Waals surface area contributed by atoms with Crippen molar-refractivity contribution in [2.24, 2.45) is 17.4 Å². The maximum Gasteiger partial charge on any atom is 0.178 e. The van der Waals surface area contributed by atoms with Crippen LogP contribution in [0.25, 0.3) is 0 Å². The summed E-state index contributed by atoms with van der Waals surface area (Å²) >= 11 is 0. The lowest BCUT2D eigenvalue weighted by Crippen LogP contribution is -2.25. The molecular formula is C13H22N2O2S. The number of rotatable bonds is 7. The summed E-state index contributed by atoms with van der Waals surface area (Å²) in [7, 11) is -3.12. The first-order valence-corrected chi connectivity index (χ1v) is 7.90. The molecule has 0 aliphatic rings. The van der Waals surface area contributed by atoms with Crippen molar-refractivity contribution in [3.8, 4) is 0 Å². The van der Waals surface area contributed by atoms with Gasteiger partial charge < -0.3 is 11.5 Å². The van der Waals surface area contributed by atoms with E-state index in [4.69, 9.17) is 11.5 Å². The van der Waals surface area contributed by atoms with Gasteiger partial charge in [0.15, 0.2) is 9.84 Å². The van der Waals surface area contributed by atoms with Gasteiger partial charge in [0.05, 0.1) is 10.6 Å². The highest BCUT2D eigenvalue weighted by molar-refractivity contribution is 7.91. The number of hydrogen-bond acceptors (Lipinski definition) is 4. The molecule has 5 heteroatoms. The van der Waals surface area contributed by atoms with Crippen LogP contribution < -0.4 is 11.5 Å². The highest BCUT2D eigenvalue weighted by Gasteiger charge is 2.13. The zero-order chi connectivity index (χ0) is 13.6. The van der Waals surface area contributed by atoms with Crippen molar-refractivity contribution in [2.45, 2.75) is 24.7 Å². The summed E-state index contributed by atoms with van der Waals surface area (Å²) in [5, 5.41) is 0. The molecule has 0 unspecified atom stereocenters. The second kappa shape index (κ2) is 6.87. The van der Waals surface area contributed by atoms with Crippen molar-refractivity contribution < 1.29 is 8.42 Å².